The van der Waals surface area contributed by atoms with Gasteiger partial charge in [-0.15, -0.1) is 0 Å². The molecule has 0 saturated heterocycles. The molecule has 1 heterocycles. The van der Waals surface area contributed by atoms with Crippen LogP contribution in [-0.2, 0) is 13.6 Å². The number of imidazole rings is 1. The zero-order valence-corrected chi connectivity index (χ0v) is 15.5. The second-order valence-electron chi connectivity index (χ2n) is 6.38. The molecule has 1 atom stereocenters. The normalized spacial score (nSPS) is 13.0. The van der Waals surface area contributed by atoms with Crippen molar-refractivity contribution in [2.24, 2.45) is 12.0 Å². The van der Waals surface area contributed by atoms with Crippen LogP contribution >= 0.6 is 0 Å². The van der Waals surface area contributed by atoms with E-state index in [1.54, 1.807) is 26.1 Å². The number of benzene rings is 2. The van der Waals surface area contributed by atoms with Gasteiger partial charge < -0.3 is 15.2 Å². The maximum Gasteiger partial charge on any atom is 0.191 e. The maximum absolute atomic E-state index is 13.8. The molecule has 0 fully saturated rings. The van der Waals surface area contributed by atoms with Crippen molar-refractivity contribution in [1.29, 1.82) is 0 Å². The summed E-state index contributed by atoms with van der Waals surface area (Å²) >= 11 is 0. The number of aromatic nitrogens is 2. The summed E-state index contributed by atoms with van der Waals surface area (Å²) in [6.07, 6.45) is 0. The Hall–Kier alpha value is -2.89. The largest absolute Gasteiger partial charge is 0.350 e. The van der Waals surface area contributed by atoms with Crippen LogP contribution in [0.2, 0.25) is 0 Å². The van der Waals surface area contributed by atoms with E-state index in [4.69, 9.17) is 0 Å². The second-order valence-corrected chi connectivity index (χ2v) is 6.38. The van der Waals surface area contributed by atoms with E-state index in [-0.39, 0.29) is 11.9 Å². The van der Waals surface area contributed by atoms with Gasteiger partial charge in [-0.2, -0.15) is 0 Å². The predicted molar refractivity (Wildman–Crippen MR) is 104 cm³/mol. The monoisotopic (exact) mass is 353 g/mol. The molecule has 0 amide bonds. The van der Waals surface area contributed by atoms with Crippen LogP contribution in [-0.4, -0.2) is 22.6 Å². The van der Waals surface area contributed by atoms with Crippen molar-refractivity contribution in [2.75, 3.05) is 7.05 Å². The number of rotatable bonds is 4. The van der Waals surface area contributed by atoms with Crippen molar-refractivity contribution in [1.82, 2.24) is 20.2 Å². The molecule has 5 nitrogen and oxygen atoms in total. The van der Waals surface area contributed by atoms with Crippen molar-refractivity contribution in [2.45, 2.75) is 26.4 Å². The highest BCUT2D eigenvalue weighted by Gasteiger charge is 2.11. The zero-order valence-electron chi connectivity index (χ0n) is 15.5. The molecule has 3 rings (SSSR count). The van der Waals surface area contributed by atoms with Crippen LogP contribution in [0.25, 0.3) is 11.0 Å². The Morgan fingerprint density at radius 3 is 2.73 bits per heavy atom. The Morgan fingerprint density at radius 2 is 2.04 bits per heavy atom. The average Bonchev–Trinajstić information content (AvgIpc) is 2.97. The minimum atomic E-state index is -0.196. The Bertz CT molecular complexity index is 945. The van der Waals surface area contributed by atoms with E-state index in [9.17, 15) is 4.39 Å². The van der Waals surface area contributed by atoms with E-state index in [0.29, 0.717) is 18.1 Å². The molecule has 26 heavy (non-hydrogen) atoms. The van der Waals surface area contributed by atoms with Gasteiger partial charge >= 0.3 is 0 Å². The van der Waals surface area contributed by atoms with Gasteiger partial charge in [-0.3, -0.25) is 4.99 Å². The number of aliphatic imine (C=N–C) groups is 1. The van der Waals surface area contributed by atoms with E-state index in [1.807, 2.05) is 44.3 Å². The SMILES string of the molecule is CN=C(NCc1nc2ccccc2n1C)NC(C)c1ccc(C)c(F)c1. The van der Waals surface area contributed by atoms with E-state index in [2.05, 4.69) is 25.2 Å². The fraction of sp³-hybridized carbons (Fsp3) is 0.300. The van der Waals surface area contributed by atoms with Gasteiger partial charge in [0.05, 0.1) is 23.6 Å². The number of hydrogen-bond donors (Lipinski definition) is 2. The lowest BCUT2D eigenvalue weighted by molar-refractivity contribution is 0.607. The van der Waals surface area contributed by atoms with Crippen LogP contribution in [0, 0.1) is 12.7 Å². The van der Waals surface area contributed by atoms with Gasteiger partial charge in [-0.25, -0.2) is 9.37 Å². The van der Waals surface area contributed by atoms with Crippen LogP contribution < -0.4 is 10.6 Å². The first-order valence-electron chi connectivity index (χ1n) is 8.63. The molecule has 0 aliphatic rings. The summed E-state index contributed by atoms with van der Waals surface area (Å²) in [7, 11) is 3.72. The van der Waals surface area contributed by atoms with Crippen LogP contribution in [0.1, 0.15) is 29.9 Å². The molecule has 1 unspecified atom stereocenters. The quantitative estimate of drug-likeness (QED) is 0.558. The molecule has 1 aromatic heterocycles. The summed E-state index contributed by atoms with van der Waals surface area (Å²) in [6, 6.07) is 13.2. The summed E-state index contributed by atoms with van der Waals surface area (Å²) < 4.78 is 15.9. The summed E-state index contributed by atoms with van der Waals surface area (Å²) in [5.41, 5.74) is 3.58. The molecule has 0 aliphatic heterocycles. The smallest absolute Gasteiger partial charge is 0.191 e. The third-order valence-corrected chi connectivity index (χ3v) is 4.57. The van der Waals surface area contributed by atoms with Crippen LogP contribution in [0.3, 0.4) is 0 Å². The Morgan fingerprint density at radius 1 is 1.27 bits per heavy atom. The molecule has 0 saturated carbocycles. The van der Waals surface area contributed by atoms with Gasteiger partial charge in [0.15, 0.2) is 5.96 Å². The molecule has 6 heteroatoms. The fourth-order valence-electron chi connectivity index (χ4n) is 2.88. The highest BCUT2D eigenvalue weighted by Crippen LogP contribution is 2.16. The third kappa shape index (κ3) is 3.69. The summed E-state index contributed by atoms with van der Waals surface area (Å²) in [4.78, 5) is 8.90. The Kier molecular flexibility index (Phi) is 5.21. The molecule has 0 spiro atoms. The Labute approximate surface area is 153 Å². The van der Waals surface area contributed by atoms with Gasteiger partial charge in [0.1, 0.15) is 11.6 Å². The highest BCUT2D eigenvalue weighted by atomic mass is 19.1. The van der Waals surface area contributed by atoms with Gasteiger partial charge in [0.25, 0.3) is 0 Å². The van der Waals surface area contributed by atoms with E-state index in [1.165, 1.54) is 0 Å². The lowest BCUT2D eigenvalue weighted by Gasteiger charge is -2.18. The third-order valence-electron chi connectivity index (χ3n) is 4.57. The fourth-order valence-corrected chi connectivity index (χ4v) is 2.88. The molecule has 0 aliphatic carbocycles. The Balaban J connectivity index is 1.67. The molecule has 0 radical (unpaired) electrons. The predicted octanol–water partition coefficient (Wildman–Crippen LogP) is 3.45. The average molecular weight is 353 g/mol. The number of guanidine groups is 1. The van der Waals surface area contributed by atoms with Gasteiger partial charge in [0, 0.05) is 14.1 Å². The summed E-state index contributed by atoms with van der Waals surface area (Å²) in [5.74, 6) is 1.37. The molecular weight excluding hydrogens is 329 g/mol. The highest BCUT2D eigenvalue weighted by molar-refractivity contribution is 5.80. The first kappa shape index (κ1) is 17.9. The number of halogens is 1. The number of nitrogens with zero attached hydrogens (tertiary/aromatic N) is 3. The summed E-state index contributed by atoms with van der Waals surface area (Å²) in [5, 5.41) is 6.56. The van der Waals surface area contributed by atoms with Crippen LogP contribution in [0.15, 0.2) is 47.5 Å². The van der Waals surface area contributed by atoms with Gasteiger partial charge in [0.2, 0.25) is 0 Å². The minimum Gasteiger partial charge on any atom is -0.350 e. The lowest BCUT2D eigenvalue weighted by Crippen LogP contribution is -2.38. The lowest BCUT2D eigenvalue weighted by atomic mass is 10.1. The van der Waals surface area contributed by atoms with Crippen LogP contribution in [0.5, 0.6) is 0 Å². The topological polar surface area (TPSA) is 54.2 Å². The molecule has 3 aromatic rings. The van der Waals surface area contributed by atoms with Crippen molar-refractivity contribution in [3.63, 3.8) is 0 Å². The molecule has 2 aromatic carbocycles. The van der Waals surface area contributed by atoms with Crippen molar-refractivity contribution < 1.29 is 4.39 Å². The van der Waals surface area contributed by atoms with Crippen molar-refractivity contribution >= 4 is 17.0 Å². The number of hydrogen-bond acceptors (Lipinski definition) is 2. The first-order chi connectivity index (χ1) is 12.5. The van der Waals surface area contributed by atoms with Crippen molar-refractivity contribution in [3.8, 4) is 0 Å². The summed E-state index contributed by atoms with van der Waals surface area (Å²) in [6.45, 7) is 4.28. The number of aryl methyl sites for hydroxylation is 2. The number of fused-ring (bicyclic) bond motifs is 1. The number of para-hydroxylation sites is 2. The second kappa shape index (κ2) is 7.56. The van der Waals surface area contributed by atoms with Crippen LogP contribution in [0.4, 0.5) is 4.39 Å². The molecule has 0 bridgehead atoms. The first-order valence-corrected chi connectivity index (χ1v) is 8.63. The van der Waals surface area contributed by atoms with E-state index < -0.39 is 0 Å². The molecule has 136 valence electrons. The maximum atomic E-state index is 13.8. The standard InChI is InChI=1S/C20H24FN5/c1-13-9-10-15(11-16(13)21)14(2)24-20(22-3)23-12-19-25-17-7-5-6-8-18(17)26(19)4/h5-11,14H,12H2,1-4H3,(H2,22,23,24). The number of nitrogens with one attached hydrogen (secondary N) is 2. The molecule has 2 N–H and O–H groups in total. The van der Waals surface area contributed by atoms with E-state index in [0.717, 1.165) is 22.4 Å². The van der Waals surface area contributed by atoms with Gasteiger partial charge in [-0.05, 0) is 43.2 Å². The molecular formula is C20H24FN5. The van der Waals surface area contributed by atoms with Gasteiger partial charge in [-0.1, -0.05) is 24.3 Å². The zero-order chi connectivity index (χ0) is 18.7. The van der Waals surface area contributed by atoms with Crippen molar-refractivity contribution in [3.05, 3.63) is 65.2 Å². The minimum absolute atomic E-state index is 0.0725. The van der Waals surface area contributed by atoms with E-state index >= 15 is 0 Å².